The van der Waals surface area contributed by atoms with Crippen LogP contribution in [0.5, 0.6) is 0 Å². The molecule has 0 aromatic rings. The minimum atomic E-state index is 0.826. The summed E-state index contributed by atoms with van der Waals surface area (Å²) >= 11 is 0. The van der Waals surface area contributed by atoms with Gasteiger partial charge in [-0.1, -0.05) is 19.8 Å². The van der Waals surface area contributed by atoms with Crippen LogP contribution in [0.15, 0.2) is 4.99 Å². The van der Waals surface area contributed by atoms with Crippen LogP contribution in [-0.4, -0.2) is 19.6 Å². The number of methoxy groups -OCH3 is 1. The van der Waals surface area contributed by atoms with Crippen molar-refractivity contribution in [2.75, 3.05) is 13.7 Å². The topological polar surface area (TPSA) is 21.6 Å². The van der Waals surface area contributed by atoms with Crippen molar-refractivity contribution in [2.24, 2.45) is 10.9 Å². The minimum absolute atomic E-state index is 0.826. The van der Waals surface area contributed by atoms with E-state index in [2.05, 4.69) is 11.9 Å². The molecule has 0 N–H and O–H groups in total. The van der Waals surface area contributed by atoms with Gasteiger partial charge in [0.05, 0.1) is 7.11 Å². The maximum atomic E-state index is 5.12. The molecule has 2 heteroatoms. The Balaban J connectivity index is 2.33. The lowest BCUT2D eigenvalue weighted by molar-refractivity contribution is 0.342. The summed E-state index contributed by atoms with van der Waals surface area (Å²) in [5.74, 6) is 1.78. The quantitative estimate of drug-likeness (QED) is 0.599. The summed E-state index contributed by atoms with van der Waals surface area (Å²) in [5, 5.41) is 0. The summed E-state index contributed by atoms with van der Waals surface area (Å²) in [7, 11) is 1.72. The molecule has 0 amide bonds. The molecule has 0 aromatic heterocycles. The number of ether oxygens (including phenoxy) is 1. The molecule has 0 radical (unpaired) electrons. The highest BCUT2D eigenvalue weighted by atomic mass is 16.5. The van der Waals surface area contributed by atoms with Crippen LogP contribution in [0.4, 0.5) is 0 Å². The van der Waals surface area contributed by atoms with Crippen LogP contribution >= 0.6 is 0 Å². The van der Waals surface area contributed by atoms with Crippen molar-refractivity contribution in [3.8, 4) is 0 Å². The summed E-state index contributed by atoms with van der Waals surface area (Å²) in [5.41, 5.74) is 0. The summed E-state index contributed by atoms with van der Waals surface area (Å²) < 4.78 is 5.12. The van der Waals surface area contributed by atoms with Gasteiger partial charge in [0.25, 0.3) is 0 Å². The summed E-state index contributed by atoms with van der Waals surface area (Å²) in [6.45, 7) is 3.20. The summed E-state index contributed by atoms with van der Waals surface area (Å²) in [6, 6.07) is 0. The van der Waals surface area contributed by atoms with Crippen molar-refractivity contribution in [1.29, 1.82) is 0 Å². The number of hydrogen-bond donors (Lipinski definition) is 0. The first-order valence-electron chi connectivity index (χ1n) is 4.44. The van der Waals surface area contributed by atoms with E-state index in [0.29, 0.717) is 0 Å². The fraction of sp³-hybridized carbons (Fsp3) is 0.889. The standard InChI is InChI=1S/C9H17NO/c1-3-4-8-5-6-10-9(7-8)11-2/h8H,3-7H2,1-2H3/t8-/m0/s1. The van der Waals surface area contributed by atoms with Crippen LogP contribution in [0.1, 0.15) is 32.6 Å². The van der Waals surface area contributed by atoms with Gasteiger partial charge in [-0.05, 0) is 12.3 Å². The molecule has 1 aliphatic heterocycles. The van der Waals surface area contributed by atoms with E-state index >= 15 is 0 Å². The van der Waals surface area contributed by atoms with Gasteiger partial charge >= 0.3 is 0 Å². The Labute approximate surface area is 68.7 Å². The molecule has 0 aromatic carbocycles. The van der Waals surface area contributed by atoms with Crippen LogP contribution in [0.2, 0.25) is 0 Å². The Hall–Kier alpha value is -0.530. The molecule has 0 saturated carbocycles. The van der Waals surface area contributed by atoms with E-state index in [0.717, 1.165) is 24.8 Å². The number of aliphatic imine (C=N–C) groups is 1. The lowest BCUT2D eigenvalue weighted by Gasteiger charge is -2.19. The third-order valence-corrected chi connectivity index (χ3v) is 2.22. The van der Waals surface area contributed by atoms with E-state index in [4.69, 9.17) is 4.74 Å². The van der Waals surface area contributed by atoms with E-state index in [-0.39, 0.29) is 0 Å². The van der Waals surface area contributed by atoms with Crippen molar-refractivity contribution in [2.45, 2.75) is 32.6 Å². The zero-order valence-electron chi connectivity index (χ0n) is 7.47. The zero-order valence-corrected chi connectivity index (χ0v) is 7.47. The highest BCUT2D eigenvalue weighted by Gasteiger charge is 2.15. The lowest BCUT2D eigenvalue weighted by atomic mass is 9.94. The molecule has 0 fully saturated rings. The first-order chi connectivity index (χ1) is 5.36. The Morgan fingerprint density at radius 2 is 2.45 bits per heavy atom. The molecule has 1 rings (SSSR count). The van der Waals surface area contributed by atoms with Gasteiger partial charge < -0.3 is 4.74 Å². The normalized spacial score (nSPS) is 24.5. The van der Waals surface area contributed by atoms with Gasteiger partial charge in [0.1, 0.15) is 0 Å². The molecule has 1 atom stereocenters. The molecule has 0 saturated heterocycles. The zero-order chi connectivity index (χ0) is 8.10. The van der Waals surface area contributed by atoms with Gasteiger partial charge in [-0.15, -0.1) is 0 Å². The Bertz CT molecular complexity index is 142. The van der Waals surface area contributed by atoms with Crippen LogP contribution in [0.3, 0.4) is 0 Å². The molecule has 1 heterocycles. The lowest BCUT2D eigenvalue weighted by Crippen LogP contribution is -2.17. The second-order valence-electron chi connectivity index (χ2n) is 3.13. The number of nitrogens with zero attached hydrogens (tertiary/aromatic N) is 1. The van der Waals surface area contributed by atoms with Crippen molar-refractivity contribution in [1.82, 2.24) is 0 Å². The molecule has 0 spiro atoms. The highest BCUT2D eigenvalue weighted by Crippen LogP contribution is 2.20. The van der Waals surface area contributed by atoms with Crippen molar-refractivity contribution in [3.05, 3.63) is 0 Å². The van der Waals surface area contributed by atoms with Gasteiger partial charge in [-0.2, -0.15) is 0 Å². The second kappa shape index (κ2) is 4.37. The van der Waals surface area contributed by atoms with E-state index in [9.17, 15) is 0 Å². The number of hydrogen-bond acceptors (Lipinski definition) is 2. The Morgan fingerprint density at radius 3 is 3.09 bits per heavy atom. The Morgan fingerprint density at radius 1 is 1.64 bits per heavy atom. The molecule has 0 unspecified atom stereocenters. The highest BCUT2D eigenvalue weighted by molar-refractivity contribution is 5.76. The maximum Gasteiger partial charge on any atom is 0.183 e. The van der Waals surface area contributed by atoms with Gasteiger partial charge in [0, 0.05) is 13.0 Å². The Kier molecular flexibility index (Phi) is 3.40. The van der Waals surface area contributed by atoms with E-state index in [1.165, 1.54) is 19.3 Å². The fourth-order valence-electron chi connectivity index (χ4n) is 1.59. The summed E-state index contributed by atoms with van der Waals surface area (Å²) in [6.07, 6.45) is 4.91. The van der Waals surface area contributed by atoms with E-state index < -0.39 is 0 Å². The molecular formula is C9H17NO. The van der Waals surface area contributed by atoms with E-state index in [1.54, 1.807) is 7.11 Å². The second-order valence-corrected chi connectivity index (χ2v) is 3.13. The molecule has 1 aliphatic rings. The van der Waals surface area contributed by atoms with E-state index in [1.807, 2.05) is 0 Å². The predicted molar refractivity (Wildman–Crippen MR) is 46.9 cm³/mol. The molecule has 0 aliphatic carbocycles. The molecule has 0 bridgehead atoms. The van der Waals surface area contributed by atoms with Crippen molar-refractivity contribution in [3.63, 3.8) is 0 Å². The third-order valence-electron chi connectivity index (χ3n) is 2.22. The monoisotopic (exact) mass is 155 g/mol. The molecular weight excluding hydrogens is 138 g/mol. The van der Waals surface area contributed by atoms with Crippen molar-refractivity contribution >= 4 is 5.90 Å². The van der Waals surface area contributed by atoms with Gasteiger partial charge in [-0.3, -0.25) is 4.99 Å². The first kappa shape index (κ1) is 8.57. The third kappa shape index (κ3) is 2.52. The van der Waals surface area contributed by atoms with Crippen LogP contribution in [-0.2, 0) is 4.74 Å². The number of rotatable bonds is 2. The van der Waals surface area contributed by atoms with Gasteiger partial charge in [0.15, 0.2) is 5.90 Å². The SMILES string of the molecule is CCC[C@H]1CCN=C(OC)C1. The molecule has 2 nitrogen and oxygen atoms in total. The average Bonchev–Trinajstić information content (AvgIpc) is 2.06. The van der Waals surface area contributed by atoms with Gasteiger partial charge in [-0.25, -0.2) is 0 Å². The van der Waals surface area contributed by atoms with Gasteiger partial charge in [0.2, 0.25) is 0 Å². The predicted octanol–water partition coefficient (Wildman–Crippen LogP) is 2.24. The van der Waals surface area contributed by atoms with Crippen LogP contribution in [0.25, 0.3) is 0 Å². The maximum absolute atomic E-state index is 5.12. The fourth-order valence-corrected chi connectivity index (χ4v) is 1.59. The minimum Gasteiger partial charge on any atom is -0.484 e. The average molecular weight is 155 g/mol. The molecule has 64 valence electrons. The molecule has 11 heavy (non-hydrogen) atoms. The smallest absolute Gasteiger partial charge is 0.183 e. The first-order valence-corrected chi connectivity index (χ1v) is 4.44. The van der Waals surface area contributed by atoms with Crippen LogP contribution < -0.4 is 0 Å². The van der Waals surface area contributed by atoms with Crippen LogP contribution in [0, 0.1) is 5.92 Å². The largest absolute Gasteiger partial charge is 0.484 e. The van der Waals surface area contributed by atoms with Crippen molar-refractivity contribution < 1.29 is 4.74 Å². The summed E-state index contributed by atoms with van der Waals surface area (Å²) in [4.78, 5) is 4.27.